The predicted molar refractivity (Wildman–Crippen MR) is 86.3 cm³/mol. The van der Waals surface area contributed by atoms with Crippen LogP contribution in [0.4, 0.5) is 11.4 Å². The maximum atomic E-state index is 11.0. The van der Waals surface area contributed by atoms with Crippen LogP contribution in [0.2, 0.25) is 0 Å². The molecule has 0 fully saturated rings. The van der Waals surface area contributed by atoms with Gasteiger partial charge in [-0.1, -0.05) is 30.3 Å². The number of nitro benzene ring substituents is 2. The molecule has 0 aliphatic rings. The Hall–Kier alpha value is -2.45. The minimum atomic E-state index is -0.666. The number of non-ortho nitro benzene ring substituents is 1. The van der Waals surface area contributed by atoms with E-state index >= 15 is 0 Å². The molecule has 23 heavy (non-hydrogen) atoms. The lowest BCUT2D eigenvalue weighted by Gasteiger charge is -2.11. The molecular formula is C15H14N2O5S. The van der Waals surface area contributed by atoms with Crippen molar-refractivity contribution in [3.05, 3.63) is 74.3 Å². The summed E-state index contributed by atoms with van der Waals surface area (Å²) in [7, 11) is 0. The second kappa shape index (κ2) is 7.70. The first-order valence-corrected chi connectivity index (χ1v) is 7.51. The minimum absolute atomic E-state index is 0.169. The summed E-state index contributed by atoms with van der Waals surface area (Å²) in [4.78, 5) is 20.7. The standard InChI is InChI=1S/C15H14N2O5S/c1-11(9-12-5-3-2-4-6-12)22-23-15-8-7-13(16(18)19)10-14(15)17(20)21/h2-8,10-11H,9H2,1H3/t11-/m0/s1. The molecule has 8 heteroatoms. The Kier molecular flexibility index (Phi) is 5.67. The summed E-state index contributed by atoms with van der Waals surface area (Å²) in [5, 5.41) is 21.7. The van der Waals surface area contributed by atoms with Crippen molar-refractivity contribution in [1.29, 1.82) is 0 Å². The predicted octanol–water partition coefficient (Wildman–Crippen LogP) is 4.16. The molecular weight excluding hydrogens is 320 g/mol. The van der Waals surface area contributed by atoms with Crippen LogP contribution in [0, 0.1) is 20.2 Å². The molecule has 0 unspecified atom stereocenters. The third-order valence-electron chi connectivity index (χ3n) is 3.02. The number of hydrogen-bond donors (Lipinski definition) is 0. The zero-order valence-electron chi connectivity index (χ0n) is 12.2. The summed E-state index contributed by atoms with van der Waals surface area (Å²) >= 11 is 0.859. The SMILES string of the molecule is C[C@@H](Cc1ccccc1)OSc1ccc([N+](=O)[O-])cc1[N+](=O)[O-]. The lowest BCUT2D eigenvalue weighted by Crippen LogP contribution is -2.07. The average Bonchev–Trinajstić information content (AvgIpc) is 2.53. The normalized spacial score (nSPS) is 11.9. The molecule has 7 nitrogen and oxygen atoms in total. The van der Waals surface area contributed by atoms with E-state index in [0.29, 0.717) is 6.42 Å². The van der Waals surface area contributed by atoms with Gasteiger partial charge in [0.25, 0.3) is 11.4 Å². The zero-order chi connectivity index (χ0) is 16.8. The highest BCUT2D eigenvalue weighted by Crippen LogP contribution is 2.33. The highest BCUT2D eigenvalue weighted by atomic mass is 32.2. The smallest absolute Gasteiger partial charge is 0.292 e. The van der Waals surface area contributed by atoms with E-state index in [-0.39, 0.29) is 22.4 Å². The highest BCUT2D eigenvalue weighted by Gasteiger charge is 2.21. The minimum Gasteiger partial charge on any atom is -0.307 e. The molecule has 0 heterocycles. The van der Waals surface area contributed by atoms with Crippen LogP contribution in [0.1, 0.15) is 12.5 Å². The quantitative estimate of drug-likeness (QED) is 0.428. The number of hydrogen-bond acceptors (Lipinski definition) is 6. The Labute approximate surface area is 136 Å². The molecule has 0 spiro atoms. The number of nitro groups is 2. The summed E-state index contributed by atoms with van der Waals surface area (Å²) in [5.41, 5.74) is 0.438. The Morgan fingerprint density at radius 1 is 1.09 bits per heavy atom. The summed E-state index contributed by atoms with van der Waals surface area (Å²) in [6, 6.07) is 13.2. The van der Waals surface area contributed by atoms with E-state index in [1.54, 1.807) is 0 Å². The van der Waals surface area contributed by atoms with Crippen molar-refractivity contribution >= 4 is 23.4 Å². The van der Waals surface area contributed by atoms with E-state index in [9.17, 15) is 20.2 Å². The molecule has 0 saturated heterocycles. The summed E-state index contributed by atoms with van der Waals surface area (Å²) in [6.45, 7) is 1.86. The van der Waals surface area contributed by atoms with Gasteiger partial charge >= 0.3 is 0 Å². The second-order valence-electron chi connectivity index (χ2n) is 4.85. The van der Waals surface area contributed by atoms with Crippen molar-refractivity contribution < 1.29 is 14.0 Å². The van der Waals surface area contributed by atoms with Gasteiger partial charge in [-0.15, -0.1) is 0 Å². The van der Waals surface area contributed by atoms with E-state index in [2.05, 4.69) is 0 Å². The van der Waals surface area contributed by atoms with E-state index in [1.165, 1.54) is 12.1 Å². The number of rotatable bonds is 7. The van der Waals surface area contributed by atoms with Gasteiger partial charge in [-0.2, -0.15) is 0 Å². The molecule has 0 aliphatic carbocycles. The van der Waals surface area contributed by atoms with Gasteiger partial charge in [0.05, 0.1) is 22.0 Å². The molecule has 0 N–H and O–H groups in total. The van der Waals surface area contributed by atoms with Crippen molar-refractivity contribution in [3.63, 3.8) is 0 Å². The Balaban J connectivity index is 2.05. The van der Waals surface area contributed by atoms with Crippen LogP contribution in [0.5, 0.6) is 0 Å². The van der Waals surface area contributed by atoms with Gasteiger partial charge in [0.15, 0.2) is 0 Å². The van der Waals surface area contributed by atoms with Crippen molar-refractivity contribution in [2.24, 2.45) is 0 Å². The average molecular weight is 334 g/mol. The Morgan fingerprint density at radius 2 is 1.78 bits per heavy atom. The van der Waals surface area contributed by atoms with Gasteiger partial charge < -0.3 is 4.18 Å². The lowest BCUT2D eigenvalue weighted by molar-refractivity contribution is -0.396. The van der Waals surface area contributed by atoms with Crippen molar-refractivity contribution in [3.8, 4) is 0 Å². The van der Waals surface area contributed by atoms with Gasteiger partial charge in [0, 0.05) is 18.1 Å². The molecule has 0 amide bonds. The van der Waals surface area contributed by atoms with E-state index in [0.717, 1.165) is 23.7 Å². The van der Waals surface area contributed by atoms with Gasteiger partial charge in [0.1, 0.15) is 4.90 Å². The molecule has 0 radical (unpaired) electrons. The fraction of sp³-hybridized carbons (Fsp3) is 0.200. The highest BCUT2D eigenvalue weighted by molar-refractivity contribution is 7.94. The molecule has 0 bridgehead atoms. The summed E-state index contributed by atoms with van der Waals surface area (Å²) < 4.78 is 5.57. The largest absolute Gasteiger partial charge is 0.307 e. The van der Waals surface area contributed by atoms with Crippen molar-refractivity contribution in [2.45, 2.75) is 24.3 Å². The van der Waals surface area contributed by atoms with Gasteiger partial charge in [-0.3, -0.25) is 20.2 Å². The Bertz CT molecular complexity index is 708. The van der Waals surface area contributed by atoms with Crippen LogP contribution in [0.25, 0.3) is 0 Å². The maximum absolute atomic E-state index is 11.0. The van der Waals surface area contributed by atoms with Gasteiger partial charge in [-0.05, 0) is 25.0 Å². The van der Waals surface area contributed by atoms with Crippen LogP contribution >= 0.6 is 12.0 Å². The summed E-state index contributed by atoms with van der Waals surface area (Å²) in [6.07, 6.45) is 0.492. The first-order valence-electron chi connectivity index (χ1n) is 6.77. The Morgan fingerprint density at radius 3 is 2.39 bits per heavy atom. The topological polar surface area (TPSA) is 95.5 Å². The first kappa shape index (κ1) is 16.9. The first-order chi connectivity index (χ1) is 11.0. The molecule has 0 aromatic heterocycles. The van der Waals surface area contributed by atoms with E-state index in [1.807, 2.05) is 37.3 Å². The molecule has 0 saturated carbocycles. The van der Waals surface area contributed by atoms with E-state index in [4.69, 9.17) is 4.18 Å². The molecule has 2 rings (SSSR count). The summed E-state index contributed by atoms with van der Waals surface area (Å²) in [5.74, 6) is 0. The molecule has 2 aromatic carbocycles. The van der Waals surface area contributed by atoms with Gasteiger partial charge in [0.2, 0.25) is 0 Å². The van der Waals surface area contributed by atoms with Crippen LogP contribution < -0.4 is 0 Å². The van der Waals surface area contributed by atoms with E-state index < -0.39 is 9.85 Å². The fourth-order valence-electron chi connectivity index (χ4n) is 1.95. The molecule has 2 aromatic rings. The fourth-order valence-corrected chi connectivity index (χ4v) is 2.62. The third kappa shape index (κ3) is 4.76. The zero-order valence-corrected chi connectivity index (χ0v) is 13.1. The van der Waals surface area contributed by atoms with Crippen LogP contribution in [-0.4, -0.2) is 16.0 Å². The monoisotopic (exact) mass is 334 g/mol. The van der Waals surface area contributed by atoms with Crippen molar-refractivity contribution in [2.75, 3.05) is 0 Å². The molecule has 1 atom stereocenters. The maximum Gasteiger partial charge on any atom is 0.292 e. The number of nitrogens with zero attached hydrogens (tertiary/aromatic N) is 2. The third-order valence-corrected chi connectivity index (χ3v) is 3.97. The van der Waals surface area contributed by atoms with Gasteiger partial charge in [-0.25, -0.2) is 0 Å². The lowest BCUT2D eigenvalue weighted by atomic mass is 10.1. The second-order valence-corrected chi connectivity index (χ2v) is 5.65. The van der Waals surface area contributed by atoms with Crippen LogP contribution in [-0.2, 0) is 10.6 Å². The van der Waals surface area contributed by atoms with Crippen LogP contribution in [0.15, 0.2) is 53.4 Å². The molecule has 0 aliphatic heterocycles. The van der Waals surface area contributed by atoms with Crippen LogP contribution in [0.3, 0.4) is 0 Å². The number of benzene rings is 2. The molecule has 120 valence electrons. The van der Waals surface area contributed by atoms with Crippen molar-refractivity contribution in [1.82, 2.24) is 0 Å².